The highest BCUT2D eigenvalue weighted by molar-refractivity contribution is 6.01. The van der Waals surface area contributed by atoms with E-state index < -0.39 is 0 Å². The zero-order chi connectivity index (χ0) is 18.5. The van der Waals surface area contributed by atoms with Gasteiger partial charge in [-0.05, 0) is 42.5 Å². The molecule has 5 aromatic rings. The van der Waals surface area contributed by atoms with Gasteiger partial charge in [0.2, 0.25) is 0 Å². The van der Waals surface area contributed by atoms with E-state index in [9.17, 15) is 4.79 Å². The lowest BCUT2D eigenvalue weighted by atomic mass is 9.98. The van der Waals surface area contributed by atoms with Gasteiger partial charge in [-0.25, -0.2) is 4.98 Å². The monoisotopic (exact) mass is 350 g/mol. The lowest BCUT2D eigenvalue weighted by Gasteiger charge is -2.17. The maximum absolute atomic E-state index is 13.5. The van der Waals surface area contributed by atoms with E-state index in [1.54, 1.807) is 4.40 Å². The van der Waals surface area contributed by atoms with Crippen molar-refractivity contribution in [1.82, 2.24) is 9.38 Å². The molecule has 2 heterocycles. The smallest absolute Gasteiger partial charge is 0.266 e. The summed E-state index contributed by atoms with van der Waals surface area (Å²) in [6.07, 6.45) is 0. The van der Waals surface area contributed by atoms with Gasteiger partial charge in [0.05, 0.1) is 16.6 Å². The van der Waals surface area contributed by atoms with Crippen LogP contribution < -0.4 is 5.56 Å². The zero-order valence-corrected chi connectivity index (χ0v) is 15.2. The van der Waals surface area contributed by atoms with Crippen LogP contribution in [-0.2, 0) is 0 Å². The third kappa shape index (κ3) is 2.28. The molecule has 2 aromatic heterocycles. The van der Waals surface area contributed by atoms with E-state index in [-0.39, 0.29) is 5.56 Å². The number of pyridine rings is 1. The van der Waals surface area contributed by atoms with Gasteiger partial charge in [-0.3, -0.25) is 9.20 Å². The van der Waals surface area contributed by atoms with E-state index in [2.05, 4.69) is 32.0 Å². The number of hydrogen-bond donors (Lipinski definition) is 0. The minimum absolute atomic E-state index is 0.0278. The molecular formula is C24H18N2O. The summed E-state index contributed by atoms with van der Waals surface area (Å²) in [5.41, 5.74) is 5.61. The summed E-state index contributed by atoms with van der Waals surface area (Å²) in [6.45, 7) is 4.18. The van der Waals surface area contributed by atoms with Crippen molar-refractivity contribution in [3.05, 3.63) is 94.3 Å². The van der Waals surface area contributed by atoms with E-state index in [4.69, 9.17) is 4.98 Å². The molecule has 130 valence electrons. The predicted molar refractivity (Wildman–Crippen MR) is 111 cm³/mol. The normalized spacial score (nSPS) is 11.5. The molecule has 3 nitrogen and oxygen atoms in total. The van der Waals surface area contributed by atoms with Gasteiger partial charge in [0.25, 0.3) is 5.56 Å². The second kappa shape index (κ2) is 5.78. The molecule has 3 heteroatoms. The fourth-order valence-electron chi connectivity index (χ4n) is 3.92. The van der Waals surface area contributed by atoms with E-state index in [0.717, 1.165) is 33.1 Å². The van der Waals surface area contributed by atoms with Crippen molar-refractivity contribution in [3.63, 3.8) is 0 Å². The molecule has 0 spiro atoms. The third-order valence-electron chi connectivity index (χ3n) is 5.22. The second-order valence-corrected chi connectivity index (χ2v) is 6.98. The van der Waals surface area contributed by atoms with Crippen LogP contribution in [0, 0.1) is 13.8 Å². The van der Waals surface area contributed by atoms with Gasteiger partial charge >= 0.3 is 0 Å². The summed E-state index contributed by atoms with van der Waals surface area (Å²) in [6, 6.07) is 24.0. The number of nitrogens with zero attached hydrogens (tertiary/aromatic N) is 2. The van der Waals surface area contributed by atoms with Crippen LogP contribution in [0.4, 0.5) is 0 Å². The first-order valence-electron chi connectivity index (χ1n) is 9.05. The summed E-state index contributed by atoms with van der Waals surface area (Å²) >= 11 is 0. The Hall–Kier alpha value is -3.46. The first-order valence-corrected chi connectivity index (χ1v) is 9.05. The Morgan fingerprint density at radius 1 is 0.778 bits per heavy atom. The Balaban J connectivity index is 2.13. The molecule has 0 bridgehead atoms. The number of aromatic nitrogens is 2. The molecule has 0 aliphatic carbocycles. The molecule has 0 saturated heterocycles. The van der Waals surface area contributed by atoms with Crippen molar-refractivity contribution in [1.29, 1.82) is 0 Å². The predicted octanol–water partition coefficient (Wildman–Crippen LogP) is 5.28. The van der Waals surface area contributed by atoms with E-state index in [0.29, 0.717) is 11.0 Å². The molecular weight excluding hydrogens is 332 g/mol. The minimum Gasteiger partial charge on any atom is -0.268 e. The van der Waals surface area contributed by atoms with Crippen LogP contribution in [0.25, 0.3) is 38.6 Å². The van der Waals surface area contributed by atoms with Gasteiger partial charge in [0.15, 0.2) is 0 Å². The Labute approximate surface area is 156 Å². The molecule has 0 amide bonds. The zero-order valence-electron chi connectivity index (χ0n) is 15.2. The Bertz CT molecular complexity index is 1400. The topological polar surface area (TPSA) is 34.4 Å². The summed E-state index contributed by atoms with van der Waals surface area (Å²) in [5, 5.41) is 2.77. The highest BCUT2D eigenvalue weighted by atomic mass is 16.1. The van der Waals surface area contributed by atoms with Crippen LogP contribution in [0.2, 0.25) is 0 Å². The average Bonchev–Trinajstić information content (AvgIpc) is 2.70. The van der Waals surface area contributed by atoms with E-state index in [1.807, 2.05) is 54.6 Å². The fraction of sp³-hybridized carbons (Fsp3) is 0.0833. The van der Waals surface area contributed by atoms with Crippen molar-refractivity contribution in [3.8, 4) is 11.3 Å². The standard InChI is InChI=1S/C24H18N2O/c1-15-12-13-18-20(14-15)16(2)22(17-8-4-3-5-9-17)26-23(18)25-21-11-7-6-10-19(21)24(26)27/h3-14H,1-2H3. The summed E-state index contributed by atoms with van der Waals surface area (Å²) in [5.74, 6) is 0. The molecule has 0 radical (unpaired) electrons. The van der Waals surface area contributed by atoms with Crippen LogP contribution in [0.5, 0.6) is 0 Å². The van der Waals surface area contributed by atoms with Gasteiger partial charge in [0, 0.05) is 5.39 Å². The quantitative estimate of drug-likeness (QED) is 0.304. The van der Waals surface area contributed by atoms with Crippen LogP contribution in [0.3, 0.4) is 0 Å². The molecule has 0 unspecified atom stereocenters. The van der Waals surface area contributed by atoms with Crippen molar-refractivity contribution in [2.75, 3.05) is 0 Å². The fourth-order valence-corrected chi connectivity index (χ4v) is 3.92. The molecule has 0 fully saturated rings. The van der Waals surface area contributed by atoms with Crippen molar-refractivity contribution >= 4 is 27.3 Å². The first kappa shape index (κ1) is 15.8. The van der Waals surface area contributed by atoms with Crippen molar-refractivity contribution in [2.45, 2.75) is 13.8 Å². The number of fused-ring (bicyclic) bond motifs is 4. The van der Waals surface area contributed by atoms with Gasteiger partial charge in [-0.2, -0.15) is 0 Å². The number of hydrogen-bond acceptors (Lipinski definition) is 2. The molecule has 0 N–H and O–H groups in total. The van der Waals surface area contributed by atoms with Crippen LogP contribution >= 0.6 is 0 Å². The van der Waals surface area contributed by atoms with E-state index in [1.165, 1.54) is 5.56 Å². The lowest BCUT2D eigenvalue weighted by molar-refractivity contribution is 1.08. The summed E-state index contributed by atoms with van der Waals surface area (Å²) < 4.78 is 1.78. The number of para-hydroxylation sites is 1. The molecule has 5 rings (SSSR count). The van der Waals surface area contributed by atoms with Crippen LogP contribution in [0.1, 0.15) is 11.1 Å². The first-order chi connectivity index (χ1) is 13.1. The Morgan fingerprint density at radius 3 is 2.33 bits per heavy atom. The highest BCUT2D eigenvalue weighted by Gasteiger charge is 2.17. The van der Waals surface area contributed by atoms with Gasteiger partial charge in [-0.15, -0.1) is 0 Å². The largest absolute Gasteiger partial charge is 0.268 e. The minimum atomic E-state index is -0.0278. The lowest BCUT2D eigenvalue weighted by Crippen LogP contribution is -2.18. The van der Waals surface area contributed by atoms with Gasteiger partial charge in [-0.1, -0.05) is 66.2 Å². The molecule has 0 aliphatic rings. The molecule has 27 heavy (non-hydrogen) atoms. The van der Waals surface area contributed by atoms with E-state index >= 15 is 0 Å². The highest BCUT2D eigenvalue weighted by Crippen LogP contribution is 2.32. The van der Waals surface area contributed by atoms with Gasteiger partial charge < -0.3 is 0 Å². The Morgan fingerprint density at radius 2 is 1.52 bits per heavy atom. The molecule has 0 aliphatic heterocycles. The average molecular weight is 350 g/mol. The molecule has 0 saturated carbocycles. The summed E-state index contributed by atoms with van der Waals surface area (Å²) in [7, 11) is 0. The number of benzene rings is 3. The van der Waals surface area contributed by atoms with Gasteiger partial charge in [0.1, 0.15) is 5.65 Å². The maximum Gasteiger partial charge on any atom is 0.266 e. The molecule has 0 atom stereocenters. The van der Waals surface area contributed by atoms with Crippen LogP contribution in [0.15, 0.2) is 77.6 Å². The summed E-state index contributed by atoms with van der Waals surface area (Å²) in [4.78, 5) is 18.4. The Kier molecular flexibility index (Phi) is 3.37. The van der Waals surface area contributed by atoms with Crippen LogP contribution in [-0.4, -0.2) is 9.38 Å². The SMILES string of the molecule is Cc1ccc2c(c1)c(C)c(-c1ccccc1)n1c(=O)c3ccccc3nc21. The van der Waals surface area contributed by atoms with Crippen molar-refractivity contribution < 1.29 is 0 Å². The molecule has 3 aromatic carbocycles. The third-order valence-corrected chi connectivity index (χ3v) is 5.22. The number of rotatable bonds is 1. The number of aryl methyl sites for hydroxylation is 2. The maximum atomic E-state index is 13.5. The second-order valence-electron chi connectivity index (χ2n) is 6.98. The van der Waals surface area contributed by atoms with Crippen molar-refractivity contribution in [2.24, 2.45) is 0 Å².